The fourth-order valence-electron chi connectivity index (χ4n) is 2.33. The summed E-state index contributed by atoms with van der Waals surface area (Å²) in [5.74, 6) is -1.80. The van der Waals surface area contributed by atoms with Gasteiger partial charge in [-0.05, 0) is 18.6 Å². The summed E-state index contributed by atoms with van der Waals surface area (Å²) < 4.78 is 18.5. The Morgan fingerprint density at radius 1 is 1.52 bits per heavy atom. The third kappa shape index (κ3) is 3.15. The molecule has 8 heteroatoms. The minimum atomic E-state index is -1.21. The molecule has 1 aliphatic rings. The van der Waals surface area contributed by atoms with E-state index in [1.54, 1.807) is 4.90 Å². The fourth-order valence-corrected chi connectivity index (χ4v) is 2.33. The molecule has 0 radical (unpaired) electrons. The molecule has 0 aliphatic carbocycles. The standard InChI is InChI=1S/C13H16FN3O4/c1-21-13(20)16-7-2-3-17(6-7)11-4-8(12(18)19)10(15)5-9(11)14/h4-5,7H,2-3,6,15H2,1H3,(H,16,20)(H,18,19). The third-order valence-electron chi connectivity index (χ3n) is 3.39. The molecule has 1 atom stereocenters. The Hall–Kier alpha value is -2.51. The third-order valence-corrected chi connectivity index (χ3v) is 3.39. The zero-order valence-electron chi connectivity index (χ0n) is 11.4. The quantitative estimate of drug-likeness (QED) is 0.720. The lowest BCUT2D eigenvalue weighted by Crippen LogP contribution is -2.37. The van der Waals surface area contributed by atoms with Crippen LogP contribution in [0.15, 0.2) is 12.1 Å². The van der Waals surface area contributed by atoms with Crippen LogP contribution in [0.4, 0.5) is 20.6 Å². The van der Waals surface area contributed by atoms with E-state index < -0.39 is 17.9 Å². The first-order valence-electron chi connectivity index (χ1n) is 6.34. The molecule has 114 valence electrons. The van der Waals surface area contributed by atoms with Crippen LogP contribution in [-0.2, 0) is 4.74 Å². The maximum Gasteiger partial charge on any atom is 0.407 e. The second kappa shape index (κ2) is 5.86. The Balaban J connectivity index is 2.18. The van der Waals surface area contributed by atoms with Gasteiger partial charge in [0.15, 0.2) is 0 Å². The van der Waals surface area contributed by atoms with Crippen molar-refractivity contribution in [2.45, 2.75) is 12.5 Å². The minimum Gasteiger partial charge on any atom is -0.478 e. The van der Waals surface area contributed by atoms with Gasteiger partial charge in [-0.25, -0.2) is 14.0 Å². The molecular weight excluding hydrogens is 281 g/mol. The molecule has 7 nitrogen and oxygen atoms in total. The first-order valence-corrected chi connectivity index (χ1v) is 6.34. The number of hydrogen-bond donors (Lipinski definition) is 3. The molecule has 0 spiro atoms. The summed E-state index contributed by atoms with van der Waals surface area (Å²) in [6, 6.07) is 2.04. The van der Waals surface area contributed by atoms with Gasteiger partial charge in [-0.15, -0.1) is 0 Å². The van der Waals surface area contributed by atoms with E-state index in [1.165, 1.54) is 13.2 Å². The topological polar surface area (TPSA) is 105 Å². The van der Waals surface area contributed by atoms with Gasteiger partial charge in [0.05, 0.1) is 24.4 Å². The van der Waals surface area contributed by atoms with Gasteiger partial charge in [-0.3, -0.25) is 0 Å². The number of carboxylic acids is 1. The van der Waals surface area contributed by atoms with E-state index in [-0.39, 0.29) is 23.0 Å². The molecule has 0 bridgehead atoms. The summed E-state index contributed by atoms with van der Waals surface area (Å²) in [7, 11) is 1.26. The normalized spacial score (nSPS) is 17.6. The minimum absolute atomic E-state index is 0.118. The van der Waals surface area contributed by atoms with Gasteiger partial charge in [0, 0.05) is 18.8 Å². The SMILES string of the molecule is COC(=O)NC1CCN(c2cc(C(=O)O)c(N)cc2F)C1. The van der Waals surface area contributed by atoms with Crippen molar-refractivity contribution >= 4 is 23.4 Å². The van der Waals surface area contributed by atoms with Gasteiger partial charge >= 0.3 is 12.1 Å². The number of hydrogen-bond acceptors (Lipinski definition) is 5. The number of methoxy groups -OCH3 is 1. The number of carbonyl (C=O) groups is 2. The molecule has 1 aliphatic heterocycles. The molecule has 0 saturated carbocycles. The van der Waals surface area contributed by atoms with E-state index in [9.17, 15) is 14.0 Å². The Morgan fingerprint density at radius 3 is 2.86 bits per heavy atom. The predicted molar refractivity (Wildman–Crippen MR) is 73.9 cm³/mol. The number of halogens is 1. The molecule has 21 heavy (non-hydrogen) atoms. The van der Waals surface area contributed by atoms with Crippen molar-refractivity contribution in [1.82, 2.24) is 5.32 Å². The summed E-state index contributed by atoms with van der Waals surface area (Å²) in [4.78, 5) is 23.9. The average molecular weight is 297 g/mol. The number of rotatable bonds is 3. The van der Waals surface area contributed by atoms with Crippen LogP contribution in [0.25, 0.3) is 0 Å². The van der Waals surface area contributed by atoms with E-state index in [4.69, 9.17) is 10.8 Å². The molecule has 1 heterocycles. The molecule has 0 aromatic heterocycles. The maximum absolute atomic E-state index is 14.0. The number of ether oxygens (including phenoxy) is 1. The number of nitrogens with two attached hydrogens (primary N) is 1. The van der Waals surface area contributed by atoms with Crippen molar-refractivity contribution in [3.05, 3.63) is 23.5 Å². The monoisotopic (exact) mass is 297 g/mol. The van der Waals surface area contributed by atoms with Crippen molar-refractivity contribution in [2.75, 3.05) is 30.8 Å². The zero-order valence-corrected chi connectivity index (χ0v) is 11.4. The van der Waals surface area contributed by atoms with Crippen LogP contribution in [0.1, 0.15) is 16.8 Å². The highest BCUT2D eigenvalue weighted by atomic mass is 19.1. The van der Waals surface area contributed by atoms with Crippen molar-refractivity contribution in [3.63, 3.8) is 0 Å². The van der Waals surface area contributed by atoms with Crippen LogP contribution in [0, 0.1) is 5.82 Å². The van der Waals surface area contributed by atoms with Crippen molar-refractivity contribution < 1.29 is 23.8 Å². The number of anilines is 2. The number of benzene rings is 1. The van der Waals surface area contributed by atoms with Crippen LogP contribution in [0.2, 0.25) is 0 Å². The fraction of sp³-hybridized carbons (Fsp3) is 0.385. The number of amides is 1. The molecule has 2 rings (SSSR count). The van der Waals surface area contributed by atoms with Gasteiger partial charge in [-0.1, -0.05) is 0 Å². The number of carboxylic acid groups (broad SMARTS) is 1. The number of aromatic carboxylic acids is 1. The molecular formula is C13H16FN3O4. The van der Waals surface area contributed by atoms with Gasteiger partial charge in [0.25, 0.3) is 0 Å². The second-order valence-corrected chi connectivity index (χ2v) is 4.76. The highest BCUT2D eigenvalue weighted by Crippen LogP contribution is 2.28. The van der Waals surface area contributed by atoms with Crippen molar-refractivity contribution in [3.8, 4) is 0 Å². The zero-order chi connectivity index (χ0) is 15.6. The summed E-state index contributed by atoms with van der Waals surface area (Å²) in [6.45, 7) is 0.865. The number of carbonyl (C=O) groups excluding carboxylic acids is 1. The summed E-state index contributed by atoms with van der Waals surface area (Å²) >= 11 is 0. The van der Waals surface area contributed by atoms with Crippen molar-refractivity contribution in [2.24, 2.45) is 0 Å². The molecule has 1 saturated heterocycles. The average Bonchev–Trinajstić information content (AvgIpc) is 2.86. The largest absolute Gasteiger partial charge is 0.478 e. The number of nitrogen functional groups attached to an aromatic ring is 1. The number of nitrogens with zero attached hydrogens (tertiary/aromatic N) is 1. The van der Waals surface area contributed by atoms with Crippen LogP contribution in [0.5, 0.6) is 0 Å². The Bertz CT molecular complexity index is 579. The first kappa shape index (κ1) is 14.9. The maximum atomic E-state index is 14.0. The molecule has 1 amide bonds. The molecule has 1 aromatic carbocycles. The lowest BCUT2D eigenvalue weighted by molar-refractivity contribution is 0.0698. The molecule has 1 aromatic rings. The summed E-state index contributed by atoms with van der Waals surface area (Å²) in [6.07, 6.45) is 0.0623. The van der Waals surface area contributed by atoms with Crippen LogP contribution in [-0.4, -0.2) is 43.4 Å². The van der Waals surface area contributed by atoms with E-state index >= 15 is 0 Å². The van der Waals surface area contributed by atoms with E-state index in [0.29, 0.717) is 19.5 Å². The van der Waals surface area contributed by atoms with Gasteiger partial charge in [0.2, 0.25) is 0 Å². The number of alkyl carbamates (subject to hydrolysis) is 1. The summed E-state index contributed by atoms with van der Waals surface area (Å²) in [5, 5.41) is 11.7. The molecule has 1 fully saturated rings. The van der Waals surface area contributed by atoms with Crippen LogP contribution in [0.3, 0.4) is 0 Å². The summed E-state index contributed by atoms with van der Waals surface area (Å²) in [5.41, 5.74) is 5.39. The second-order valence-electron chi connectivity index (χ2n) is 4.76. The lowest BCUT2D eigenvalue weighted by Gasteiger charge is -2.20. The Morgan fingerprint density at radius 2 is 2.24 bits per heavy atom. The predicted octanol–water partition coefficient (Wildman–Crippen LogP) is 1.04. The van der Waals surface area contributed by atoms with Gasteiger partial charge < -0.3 is 25.8 Å². The lowest BCUT2D eigenvalue weighted by atomic mass is 10.1. The van der Waals surface area contributed by atoms with Gasteiger partial charge in [-0.2, -0.15) is 0 Å². The smallest absolute Gasteiger partial charge is 0.407 e. The van der Waals surface area contributed by atoms with E-state index in [1.807, 2.05) is 0 Å². The van der Waals surface area contributed by atoms with E-state index in [2.05, 4.69) is 10.1 Å². The Kier molecular flexibility index (Phi) is 4.15. The molecule has 4 N–H and O–H groups in total. The van der Waals surface area contributed by atoms with Crippen LogP contribution < -0.4 is 16.0 Å². The number of nitrogens with one attached hydrogen (secondary N) is 1. The van der Waals surface area contributed by atoms with E-state index in [0.717, 1.165) is 6.07 Å². The van der Waals surface area contributed by atoms with Gasteiger partial charge in [0.1, 0.15) is 5.82 Å². The Labute approximate surface area is 120 Å². The highest BCUT2D eigenvalue weighted by molar-refractivity contribution is 5.95. The highest BCUT2D eigenvalue weighted by Gasteiger charge is 2.27. The first-order chi connectivity index (χ1) is 9.92. The van der Waals surface area contributed by atoms with Crippen molar-refractivity contribution in [1.29, 1.82) is 0 Å². The molecule has 1 unspecified atom stereocenters. The van der Waals surface area contributed by atoms with Crippen LogP contribution >= 0.6 is 0 Å².